The van der Waals surface area contributed by atoms with Crippen molar-refractivity contribution in [3.05, 3.63) is 29.3 Å². The van der Waals surface area contributed by atoms with E-state index < -0.39 is 0 Å². The summed E-state index contributed by atoms with van der Waals surface area (Å²) in [4.78, 5) is 11.8. The van der Waals surface area contributed by atoms with E-state index in [2.05, 4.69) is 12.2 Å². The van der Waals surface area contributed by atoms with Gasteiger partial charge in [0.05, 0.1) is 0 Å². The second-order valence-corrected chi connectivity index (χ2v) is 4.37. The molecule has 2 rings (SSSR count). The highest BCUT2D eigenvalue weighted by atomic mass is 16.1. The van der Waals surface area contributed by atoms with E-state index in [1.165, 1.54) is 0 Å². The molecule has 1 aliphatic carbocycles. The number of benzene rings is 1. The van der Waals surface area contributed by atoms with Crippen LogP contribution in [-0.4, -0.2) is 11.9 Å². The molecular formula is C12H16N2O. The minimum atomic E-state index is 0.0156. The Morgan fingerprint density at radius 2 is 2.20 bits per heavy atom. The number of rotatable bonds is 2. The standard InChI is InChI=1S/C12H16N2O/c1-7-5-9(13)3-4-10(7)12(15)14-11-6-8(11)2/h3-5,8,11H,6,13H2,1-2H3,(H,14,15). The van der Waals surface area contributed by atoms with Gasteiger partial charge in [-0.15, -0.1) is 0 Å². The zero-order valence-corrected chi connectivity index (χ0v) is 9.08. The maximum absolute atomic E-state index is 11.8. The molecule has 1 aliphatic rings. The van der Waals surface area contributed by atoms with Crippen LogP contribution < -0.4 is 11.1 Å². The summed E-state index contributed by atoms with van der Waals surface area (Å²) in [5.41, 5.74) is 7.99. The smallest absolute Gasteiger partial charge is 0.251 e. The van der Waals surface area contributed by atoms with Gasteiger partial charge in [0.25, 0.3) is 5.91 Å². The van der Waals surface area contributed by atoms with Crippen molar-refractivity contribution < 1.29 is 4.79 Å². The highest BCUT2D eigenvalue weighted by Crippen LogP contribution is 2.29. The van der Waals surface area contributed by atoms with E-state index in [0.717, 1.165) is 17.5 Å². The number of carbonyl (C=O) groups is 1. The van der Waals surface area contributed by atoms with Crippen LogP contribution >= 0.6 is 0 Å². The van der Waals surface area contributed by atoms with E-state index in [1.54, 1.807) is 12.1 Å². The van der Waals surface area contributed by atoms with Crippen LogP contribution in [0.4, 0.5) is 5.69 Å². The van der Waals surface area contributed by atoms with Gasteiger partial charge in [-0.25, -0.2) is 0 Å². The maximum atomic E-state index is 11.8. The second-order valence-electron chi connectivity index (χ2n) is 4.37. The topological polar surface area (TPSA) is 55.1 Å². The molecule has 2 atom stereocenters. The molecule has 0 heterocycles. The van der Waals surface area contributed by atoms with Crippen molar-refractivity contribution in [1.29, 1.82) is 0 Å². The molecule has 0 aromatic heterocycles. The largest absolute Gasteiger partial charge is 0.399 e. The van der Waals surface area contributed by atoms with Gasteiger partial charge in [0.1, 0.15) is 0 Å². The minimum Gasteiger partial charge on any atom is -0.399 e. The molecule has 0 radical (unpaired) electrons. The molecule has 0 aliphatic heterocycles. The molecule has 0 spiro atoms. The summed E-state index contributed by atoms with van der Waals surface area (Å²) in [5, 5.41) is 3.00. The lowest BCUT2D eigenvalue weighted by atomic mass is 10.1. The fourth-order valence-electron chi connectivity index (χ4n) is 1.71. The van der Waals surface area contributed by atoms with Crippen molar-refractivity contribution in [2.75, 3.05) is 5.73 Å². The molecule has 80 valence electrons. The fraction of sp³-hybridized carbons (Fsp3) is 0.417. The number of hydrogen-bond acceptors (Lipinski definition) is 2. The predicted molar refractivity (Wildman–Crippen MR) is 60.6 cm³/mol. The molecule has 1 aromatic rings. The zero-order chi connectivity index (χ0) is 11.0. The number of carbonyl (C=O) groups excluding carboxylic acids is 1. The first-order chi connectivity index (χ1) is 7.08. The van der Waals surface area contributed by atoms with Gasteiger partial charge in [-0.1, -0.05) is 6.92 Å². The van der Waals surface area contributed by atoms with Crippen LogP contribution in [0.1, 0.15) is 29.3 Å². The van der Waals surface area contributed by atoms with Crippen LogP contribution in [0, 0.1) is 12.8 Å². The summed E-state index contributed by atoms with van der Waals surface area (Å²) >= 11 is 0. The third kappa shape index (κ3) is 2.12. The van der Waals surface area contributed by atoms with E-state index in [0.29, 0.717) is 17.6 Å². The highest BCUT2D eigenvalue weighted by molar-refractivity contribution is 5.96. The first kappa shape index (κ1) is 10.0. The van der Waals surface area contributed by atoms with Crippen LogP contribution in [0.25, 0.3) is 0 Å². The van der Waals surface area contributed by atoms with Crippen LogP contribution in [-0.2, 0) is 0 Å². The molecule has 1 saturated carbocycles. The van der Waals surface area contributed by atoms with Gasteiger partial charge >= 0.3 is 0 Å². The van der Waals surface area contributed by atoms with Crippen molar-refractivity contribution in [1.82, 2.24) is 5.32 Å². The summed E-state index contributed by atoms with van der Waals surface area (Å²) < 4.78 is 0. The van der Waals surface area contributed by atoms with E-state index >= 15 is 0 Å². The lowest BCUT2D eigenvalue weighted by molar-refractivity contribution is 0.0949. The zero-order valence-electron chi connectivity index (χ0n) is 9.08. The molecule has 2 unspecified atom stereocenters. The predicted octanol–water partition coefficient (Wildman–Crippen LogP) is 1.72. The summed E-state index contributed by atoms with van der Waals surface area (Å²) in [6.45, 7) is 4.04. The molecule has 1 fully saturated rings. The number of amides is 1. The Kier molecular flexibility index (Phi) is 2.39. The summed E-state index contributed by atoms with van der Waals surface area (Å²) in [7, 11) is 0. The van der Waals surface area contributed by atoms with Gasteiger partial charge in [-0.05, 0) is 43.0 Å². The van der Waals surface area contributed by atoms with Crippen LogP contribution in [0.3, 0.4) is 0 Å². The van der Waals surface area contributed by atoms with Crippen molar-refractivity contribution in [2.24, 2.45) is 5.92 Å². The fourth-order valence-corrected chi connectivity index (χ4v) is 1.71. The van der Waals surface area contributed by atoms with Gasteiger partial charge in [0.15, 0.2) is 0 Å². The number of nitrogens with one attached hydrogen (secondary N) is 1. The van der Waals surface area contributed by atoms with E-state index in [4.69, 9.17) is 5.73 Å². The van der Waals surface area contributed by atoms with Crippen molar-refractivity contribution in [3.63, 3.8) is 0 Å². The average molecular weight is 204 g/mol. The number of nitrogens with two attached hydrogens (primary N) is 1. The van der Waals surface area contributed by atoms with Crippen LogP contribution in [0.2, 0.25) is 0 Å². The number of anilines is 1. The van der Waals surface area contributed by atoms with Crippen LogP contribution in [0.5, 0.6) is 0 Å². The molecule has 0 saturated heterocycles. The van der Waals surface area contributed by atoms with Crippen LogP contribution in [0.15, 0.2) is 18.2 Å². The molecular weight excluding hydrogens is 188 g/mol. The van der Waals surface area contributed by atoms with Gasteiger partial charge in [-0.2, -0.15) is 0 Å². The van der Waals surface area contributed by atoms with Crippen molar-refractivity contribution >= 4 is 11.6 Å². The number of hydrogen-bond donors (Lipinski definition) is 2. The van der Waals surface area contributed by atoms with Gasteiger partial charge in [0, 0.05) is 17.3 Å². The highest BCUT2D eigenvalue weighted by Gasteiger charge is 2.34. The van der Waals surface area contributed by atoms with E-state index in [9.17, 15) is 4.79 Å². The molecule has 3 heteroatoms. The van der Waals surface area contributed by atoms with Gasteiger partial charge < -0.3 is 11.1 Å². The number of aryl methyl sites for hydroxylation is 1. The van der Waals surface area contributed by atoms with Crippen molar-refractivity contribution in [3.8, 4) is 0 Å². The molecule has 3 N–H and O–H groups in total. The Morgan fingerprint density at radius 3 is 2.73 bits per heavy atom. The number of nitrogen functional groups attached to an aromatic ring is 1. The summed E-state index contributed by atoms with van der Waals surface area (Å²) in [6.07, 6.45) is 1.10. The Hall–Kier alpha value is -1.51. The Bertz CT molecular complexity index is 401. The molecule has 1 aromatic carbocycles. The maximum Gasteiger partial charge on any atom is 0.251 e. The van der Waals surface area contributed by atoms with E-state index in [-0.39, 0.29) is 5.91 Å². The first-order valence-electron chi connectivity index (χ1n) is 5.25. The SMILES string of the molecule is Cc1cc(N)ccc1C(=O)NC1CC1C. The molecule has 1 amide bonds. The van der Waals surface area contributed by atoms with Gasteiger partial charge in [0.2, 0.25) is 0 Å². The lowest BCUT2D eigenvalue weighted by Gasteiger charge is -2.07. The monoisotopic (exact) mass is 204 g/mol. The normalized spacial score (nSPS) is 23.6. The summed E-state index contributed by atoms with van der Waals surface area (Å²) in [6, 6.07) is 5.74. The molecule has 3 nitrogen and oxygen atoms in total. The quantitative estimate of drug-likeness (QED) is 0.721. The van der Waals surface area contributed by atoms with Gasteiger partial charge in [-0.3, -0.25) is 4.79 Å². The third-order valence-corrected chi connectivity index (χ3v) is 2.92. The second kappa shape index (κ2) is 3.57. The Morgan fingerprint density at radius 1 is 1.53 bits per heavy atom. The first-order valence-corrected chi connectivity index (χ1v) is 5.25. The average Bonchev–Trinajstić information content (AvgIpc) is 2.81. The minimum absolute atomic E-state index is 0.0156. The molecule has 15 heavy (non-hydrogen) atoms. The third-order valence-electron chi connectivity index (χ3n) is 2.92. The lowest BCUT2D eigenvalue weighted by Crippen LogP contribution is -2.27. The summed E-state index contributed by atoms with van der Waals surface area (Å²) in [5.74, 6) is 0.643. The Labute approximate surface area is 89.7 Å². The van der Waals surface area contributed by atoms with E-state index in [1.807, 2.05) is 13.0 Å². The Balaban J connectivity index is 2.11. The van der Waals surface area contributed by atoms with Crippen molar-refractivity contribution in [2.45, 2.75) is 26.3 Å². The molecule has 0 bridgehead atoms.